The van der Waals surface area contributed by atoms with Gasteiger partial charge < -0.3 is 10.0 Å². The van der Waals surface area contributed by atoms with Crippen LogP contribution in [0, 0.1) is 0 Å². The van der Waals surface area contributed by atoms with Crippen LogP contribution in [0.4, 0.5) is 13.2 Å². The summed E-state index contributed by atoms with van der Waals surface area (Å²) in [5, 5.41) is 12.2. The van der Waals surface area contributed by atoms with Gasteiger partial charge in [0.1, 0.15) is 6.54 Å². The van der Waals surface area contributed by atoms with Crippen molar-refractivity contribution in [3.8, 4) is 5.69 Å². The Morgan fingerprint density at radius 3 is 2.54 bits per heavy atom. The SMILES string of the molecule is CCN(CC(=O)O)C(=O)c1cccc(-n2ccc(C(F)(F)F)n2)c1. The lowest BCUT2D eigenvalue weighted by atomic mass is 10.1. The number of aliphatic carboxylic acids is 1. The molecule has 24 heavy (non-hydrogen) atoms. The third kappa shape index (κ3) is 3.92. The minimum absolute atomic E-state index is 0.166. The monoisotopic (exact) mass is 341 g/mol. The number of amides is 1. The molecule has 1 heterocycles. The van der Waals surface area contributed by atoms with Crippen molar-refractivity contribution in [2.45, 2.75) is 13.1 Å². The number of rotatable bonds is 5. The fourth-order valence-electron chi connectivity index (χ4n) is 2.07. The fraction of sp³-hybridized carbons (Fsp3) is 0.267. The molecular weight excluding hydrogens is 327 g/mol. The van der Waals surface area contributed by atoms with Crippen molar-refractivity contribution in [2.75, 3.05) is 13.1 Å². The maximum absolute atomic E-state index is 12.6. The first-order chi connectivity index (χ1) is 11.2. The molecule has 0 spiro atoms. The Bertz CT molecular complexity index is 756. The van der Waals surface area contributed by atoms with Crippen molar-refractivity contribution in [1.82, 2.24) is 14.7 Å². The molecular formula is C15H14F3N3O3. The van der Waals surface area contributed by atoms with E-state index >= 15 is 0 Å². The zero-order valence-electron chi connectivity index (χ0n) is 12.6. The molecule has 2 aromatic rings. The summed E-state index contributed by atoms with van der Waals surface area (Å²) in [7, 11) is 0. The number of aromatic nitrogens is 2. The van der Waals surface area contributed by atoms with Crippen molar-refractivity contribution in [1.29, 1.82) is 0 Å². The molecule has 1 aromatic heterocycles. The second kappa shape index (κ2) is 6.73. The number of halogens is 3. The van der Waals surface area contributed by atoms with Crippen molar-refractivity contribution < 1.29 is 27.9 Å². The van der Waals surface area contributed by atoms with Crippen LogP contribution in [0.15, 0.2) is 36.5 Å². The summed E-state index contributed by atoms with van der Waals surface area (Å²) in [6.45, 7) is 1.36. The minimum atomic E-state index is -4.56. The van der Waals surface area contributed by atoms with E-state index in [9.17, 15) is 22.8 Å². The molecule has 0 unspecified atom stereocenters. The van der Waals surface area contributed by atoms with E-state index in [0.717, 1.165) is 21.8 Å². The van der Waals surface area contributed by atoms with Gasteiger partial charge in [-0.05, 0) is 31.2 Å². The molecule has 0 saturated heterocycles. The van der Waals surface area contributed by atoms with Gasteiger partial charge in [0.25, 0.3) is 5.91 Å². The number of likely N-dealkylation sites (N-methyl/N-ethyl adjacent to an activating group) is 1. The van der Waals surface area contributed by atoms with Gasteiger partial charge in [0.2, 0.25) is 0 Å². The van der Waals surface area contributed by atoms with Crippen LogP contribution in [-0.4, -0.2) is 44.8 Å². The van der Waals surface area contributed by atoms with Gasteiger partial charge in [0.15, 0.2) is 5.69 Å². The number of alkyl halides is 3. The van der Waals surface area contributed by atoms with E-state index in [4.69, 9.17) is 5.11 Å². The molecule has 1 N–H and O–H groups in total. The maximum atomic E-state index is 12.6. The first kappa shape index (κ1) is 17.5. The maximum Gasteiger partial charge on any atom is 0.435 e. The molecule has 0 fully saturated rings. The first-order valence-electron chi connectivity index (χ1n) is 6.96. The summed E-state index contributed by atoms with van der Waals surface area (Å²) in [6.07, 6.45) is -3.42. The average molecular weight is 341 g/mol. The van der Waals surface area contributed by atoms with E-state index < -0.39 is 30.3 Å². The van der Waals surface area contributed by atoms with Gasteiger partial charge in [0, 0.05) is 18.3 Å². The van der Waals surface area contributed by atoms with Crippen LogP contribution < -0.4 is 0 Å². The van der Waals surface area contributed by atoms with Crippen molar-refractivity contribution >= 4 is 11.9 Å². The lowest BCUT2D eigenvalue weighted by molar-refractivity contribution is -0.141. The van der Waals surface area contributed by atoms with E-state index in [2.05, 4.69) is 5.10 Å². The zero-order chi connectivity index (χ0) is 17.9. The van der Waals surface area contributed by atoms with Gasteiger partial charge >= 0.3 is 12.1 Å². The predicted molar refractivity (Wildman–Crippen MR) is 77.8 cm³/mol. The lowest BCUT2D eigenvalue weighted by Gasteiger charge is -2.18. The molecule has 0 aliphatic carbocycles. The molecule has 0 bridgehead atoms. The number of hydrogen-bond donors (Lipinski definition) is 1. The lowest BCUT2D eigenvalue weighted by Crippen LogP contribution is -2.35. The molecule has 0 aliphatic heterocycles. The molecule has 0 atom stereocenters. The summed E-state index contributed by atoms with van der Waals surface area (Å²) in [6, 6.07) is 6.64. The number of carboxylic acid groups (broad SMARTS) is 1. The second-order valence-electron chi connectivity index (χ2n) is 4.91. The Kier molecular flexibility index (Phi) is 4.91. The van der Waals surface area contributed by atoms with Crippen LogP contribution >= 0.6 is 0 Å². The third-order valence-electron chi connectivity index (χ3n) is 3.23. The summed E-state index contributed by atoms with van der Waals surface area (Å²) in [5.41, 5.74) is -0.609. The number of carbonyl (C=O) groups excluding carboxylic acids is 1. The summed E-state index contributed by atoms with van der Waals surface area (Å²) in [5.74, 6) is -1.67. The highest BCUT2D eigenvalue weighted by Crippen LogP contribution is 2.28. The average Bonchev–Trinajstić information content (AvgIpc) is 3.02. The number of hydrogen-bond acceptors (Lipinski definition) is 3. The standard InChI is InChI=1S/C15H14F3N3O3/c1-2-20(9-13(22)23)14(24)10-4-3-5-11(8-10)21-7-6-12(19-21)15(16,17)18/h3-8H,2,9H2,1H3,(H,22,23). The molecule has 0 saturated carbocycles. The van der Waals surface area contributed by atoms with Crippen LogP contribution in [0.3, 0.4) is 0 Å². The molecule has 6 nitrogen and oxygen atoms in total. The van der Waals surface area contributed by atoms with Gasteiger partial charge in [-0.25, -0.2) is 4.68 Å². The van der Waals surface area contributed by atoms with E-state index in [1.165, 1.54) is 24.3 Å². The highest BCUT2D eigenvalue weighted by molar-refractivity contribution is 5.96. The molecule has 0 aliphatic rings. The Morgan fingerprint density at radius 1 is 1.29 bits per heavy atom. The molecule has 2 rings (SSSR count). The van der Waals surface area contributed by atoms with Crippen LogP contribution in [0.5, 0.6) is 0 Å². The Labute approximate surface area is 135 Å². The largest absolute Gasteiger partial charge is 0.480 e. The van der Waals surface area contributed by atoms with Gasteiger partial charge in [0.05, 0.1) is 5.69 Å². The van der Waals surface area contributed by atoms with Crippen molar-refractivity contribution in [2.24, 2.45) is 0 Å². The molecule has 1 amide bonds. The quantitative estimate of drug-likeness (QED) is 0.906. The van der Waals surface area contributed by atoms with Crippen LogP contribution in [0.25, 0.3) is 5.69 Å². The number of nitrogens with zero attached hydrogens (tertiary/aromatic N) is 3. The van der Waals surface area contributed by atoms with Gasteiger partial charge in [-0.1, -0.05) is 6.07 Å². The van der Waals surface area contributed by atoms with Crippen LogP contribution in [-0.2, 0) is 11.0 Å². The normalized spacial score (nSPS) is 11.3. The zero-order valence-corrected chi connectivity index (χ0v) is 12.6. The molecule has 0 radical (unpaired) electrons. The number of carboxylic acids is 1. The smallest absolute Gasteiger partial charge is 0.435 e. The van der Waals surface area contributed by atoms with Crippen molar-refractivity contribution in [3.05, 3.63) is 47.8 Å². The Balaban J connectivity index is 2.30. The van der Waals surface area contributed by atoms with Crippen LogP contribution in [0.2, 0.25) is 0 Å². The highest BCUT2D eigenvalue weighted by Gasteiger charge is 2.33. The van der Waals surface area contributed by atoms with E-state index in [1.54, 1.807) is 6.92 Å². The van der Waals surface area contributed by atoms with Crippen molar-refractivity contribution in [3.63, 3.8) is 0 Å². The number of benzene rings is 1. The Morgan fingerprint density at radius 2 is 2.00 bits per heavy atom. The molecule has 128 valence electrons. The predicted octanol–water partition coefficient (Wildman–Crippen LogP) is 2.44. The summed E-state index contributed by atoms with van der Waals surface area (Å²) >= 11 is 0. The van der Waals surface area contributed by atoms with Gasteiger partial charge in [-0.2, -0.15) is 18.3 Å². The van der Waals surface area contributed by atoms with E-state index in [1.807, 2.05) is 0 Å². The summed E-state index contributed by atoms with van der Waals surface area (Å²) < 4.78 is 38.8. The van der Waals surface area contributed by atoms with Crippen LogP contribution in [0.1, 0.15) is 23.0 Å². The number of carbonyl (C=O) groups is 2. The molecule has 9 heteroatoms. The van der Waals surface area contributed by atoms with Gasteiger partial charge in [-0.3, -0.25) is 9.59 Å². The summed E-state index contributed by atoms with van der Waals surface area (Å²) in [4.78, 5) is 24.2. The van der Waals surface area contributed by atoms with E-state index in [-0.39, 0.29) is 17.8 Å². The van der Waals surface area contributed by atoms with Gasteiger partial charge in [-0.15, -0.1) is 0 Å². The molecule has 1 aromatic carbocycles. The second-order valence-corrected chi connectivity index (χ2v) is 4.91. The Hall–Kier alpha value is -2.84. The highest BCUT2D eigenvalue weighted by atomic mass is 19.4. The topological polar surface area (TPSA) is 75.4 Å². The first-order valence-corrected chi connectivity index (χ1v) is 6.96. The third-order valence-corrected chi connectivity index (χ3v) is 3.23. The van der Waals surface area contributed by atoms with E-state index in [0.29, 0.717) is 0 Å². The fourth-order valence-corrected chi connectivity index (χ4v) is 2.07. The minimum Gasteiger partial charge on any atom is -0.480 e.